The fraction of sp³-hybridized carbons (Fsp3) is 0.800. The summed E-state index contributed by atoms with van der Waals surface area (Å²) in [5.74, 6) is 0.656. The molecule has 2 heterocycles. The number of likely N-dealkylation sites (tertiary alicyclic amines) is 1. The van der Waals surface area contributed by atoms with Crippen molar-refractivity contribution >= 4 is 6.01 Å². The molecule has 114 valence electrons. The lowest BCUT2D eigenvalue weighted by Crippen LogP contribution is -2.42. The van der Waals surface area contributed by atoms with E-state index in [1.165, 1.54) is 12.8 Å². The van der Waals surface area contributed by atoms with Crippen LogP contribution in [0.2, 0.25) is 0 Å². The van der Waals surface area contributed by atoms with Crippen molar-refractivity contribution in [3.63, 3.8) is 0 Å². The topological polar surface area (TPSA) is 44.5 Å². The zero-order valence-electron chi connectivity index (χ0n) is 13.2. The predicted molar refractivity (Wildman–Crippen MR) is 82.0 cm³/mol. The number of nitrogens with zero attached hydrogens (tertiary/aromatic N) is 3. The molecule has 0 aromatic carbocycles. The highest BCUT2D eigenvalue weighted by atomic mass is 16.4. The van der Waals surface area contributed by atoms with Crippen molar-refractivity contribution < 1.29 is 4.42 Å². The number of nitrogens with one attached hydrogen (secondary N) is 1. The van der Waals surface area contributed by atoms with Crippen LogP contribution in [0, 0.1) is 5.92 Å². The number of rotatable bonds is 6. The SMILES string of the molecule is CC(C)CNCc1coc(N(C)C2CCN(C)CC2)n1. The largest absolute Gasteiger partial charge is 0.432 e. The molecule has 1 fully saturated rings. The van der Waals surface area contributed by atoms with E-state index in [1.807, 2.05) is 0 Å². The van der Waals surface area contributed by atoms with Gasteiger partial charge in [-0.3, -0.25) is 0 Å². The Balaban J connectivity index is 1.84. The summed E-state index contributed by atoms with van der Waals surface area (Å²) in [4.78, 5) is 9.15. The molecule has 0 spiro atoms. The molecule has 20 heavy (non-hydrogen) atoms. The maximum atomic E-state index is 5.63. The predicted octanol–water partition coefficient (Wildman–Crippen LogP) is 1.95. The first-order chi connectivity index (χ1) is 9.56. The molecular formula is C15H28N4O. The van der Waals surface area contributed by atoms with Gasteiger partial charge in [0.1, 0.15) is 6.26 Å². The molecular weight excluding hydrogens is 252 g/mol. The summed E-state index contributed by atoms with van der Waals surface area (Å²) in [6.07, 6.45) is 4.13. The van der Waals surface area contributed by atoms with E-state index >= 15 is 0 Å². The molecule has 2 rings (SSSR count). The van der Waals surface area contributed by atoms with Gasteiger partial charge in [-0.25, -0.2) is 0 Å². The Morgan fingerprint density at radius 1 is 1.45 bits per heavy atom. The fourth-order valence-corrected chi connectivity index (χ4v) is 2.57. The van der Waals surface area contributed by atoms with Gasteiger partial charge >= 0.3 is 0 Å². The minimum Gasteiger partial charge on any atom is -0.432 e. The first-order valence-electron chi connectivity index (χ1n) is 7.62. The van der Waals surface area contributed by atoms with Gasteiger partial charge in [0.25, 0.3) is 6.01 Å². The lowest BCUT2D eigenvalue weighted by molar-refractivity contribution is 0.249. The minimum atomic E-state index is 0.543. The smallest absolute Gasteiger partial charge is 0.297 e. The van der Waals surface area contributed by atoms with Crippen LogP contribution >= 0.6 is 0 Å². The highest BCUT2D eigenvalue weighted by Crippen LogP contribution is 2.21. The van der Waals surface area contributed by atoms with E-state index < -0.39 is 0 Å². The van der Waals surface area contributed by atoms with E-state index in [0.29, 0.717) is 12.0 Å². The Bertz CT molecular complexity index is 396. The molecule has 0 atom stereocenters. The molecule has 0 radical (unpaired) electrons. The van der Waals surface area contributed by atoms with Crippen molar-refractivity contribution in [3.05, 3.63) is 12.0 Å². The van der Waals surface area contributed by atoms with Crippen molar-refractivity contribution in [2.45, 2.75) is 39.3 Å². The van der Waals surface area contributed by atoms with Gasteiger partial charge in [0, 0.05) is 19.6 Å². The fourth-order valence-electron chi connectivity index (χ4n) is 2.57. The molecule has 1 N–H and O–H groups in total. The average Bonchev–Trinajstić information content (AvgIpc) is 2.87. The van der Waals surface area contributed by atoms with Gasteiger partial charge in [0.05, 0.1) is 5.69 Å². The van der Waals surface area contributed by atoms with E-state index in [2.05, 4.69) is 48.0 Å². The van der Waals surface area contributed by atoms with Crippen molar-refractivity contribution in [1.82, 2.24) is 15.2 Å². The summed E-state index contributed by atoms with van der Waals surface area (Å²) < 4.78 is 5.63. The molecule has 0 bridgehead atoms. The van der Waals surface area contributed by atoms with E-state index in [4.69, 9.17) is 4.42 Å². The highest BCUT2D eigenvalue weighted by Gasteiger charge is 2.23. The molecule has 0 aliphatic carbocycles. The molecule has 5 heteroatoms. The third-order valence-corrected chi connectivity index (χ3v) is 3.94. The number of hydrogen-bond donors (Lipinski definition) is 1. The summed E-state index contributed by atoms with van der Waals surface area (Å²) in [7, 11) is 4.27. The highest BCUT2D eigenvalue weighted by molar-refractivity contribution is 5.27. The quantitative estimate of drug-likeness (QED) is 0.863. The summed E-state index contributed by atoms with van der Waals surface area (Å²) in [6, 6.07) is 1.29. The molecule has 0 saturated carbocycles. The van der Waals surface area contributed by atoms with Crippen LogP contribution in [0.25, 0.3) is 0 Å². The Morgan fingerprint density at radius 2 is 2.15 bits per heavy atom. The molecule has 1 saturated heterocycles. The molecule has 0 unspecified atom stereocenters. The first kappa shape index (κ1) is 15.3. The summed E-state index contributed by atoms with van der Waals surface area (Å²) in [5.41, 5.74) is 0.987. The van der Waals surface area contributed by atoms with Gasteiger partial charge in [0.15, 0.2) is 0 Å². The second kappa shape index (κ2) is 7.09. The van der Waals surface area contributed by atoms with E-state index in [9.17, 15) is 0 Å². The van der Waals surface area contributed by atoms with Gasteiger partial charge in [-0.05, 0) is 45.4 Å². The lowest BCUT2D eigenvalue weighted by Gasteiger charge is -2.34. The summed E-state index contributed by atoms with van der Waals surface area (Å²) in [5, 5.41) is 3.39. The standard InChI is InChI=1S/C15H28N4O/c1-12(2)9-16-10-13-11-20-15(17-13)19(4)14-5-7-18(3)8-6-14/h11-12,14,16H,5-10H2,1-4H3. The molecule has 1 aliphatic rings. The molecule has 1 aromatic rings. The van der Waals surface area contributed by atoms with Gasteiger partial charge < -0.3 is 19.5 Å². The Hall–Kier alpha value is -1.07. The van der Waals surface area contributed by atoms with Crippen molar-refractivity contribution in [2.24, 2.45) is 5.92 Å². The third kappa shape index (κ3) is 4.21. The summed E-state index contributed by atoms with van der Waals surface area (Å²) in [6.45, 7) is 8.50. The number of anilines is 1. The maximum Gasteiger partial charge on any atom is 0.297 e. The van der Waals surface area contributed by atoms with Gasteiger partial charge in [-0.15, -0.1) is 0 Å². The molecule has 1 aliphatic heterocycles. The van der Waals surface area contributed by atoms with Crippen LogP contribution in [-0.4, -0.2) is 49.7 Å². The Labute approximate surface area is 122 Å². The molecule has 1 aromatic heterocycles. The molecule has 0 amide bonds. The van der Waals surface area contributed by atoms with Crippen molar-refractivity contribution in [3.8, 4) is 0 Å². The minimum absolute atomic E-state index is 0.543. The normalized spacial score (nSPS) is 17.9. The first-order valence-corrected chi connectivity index (χ1v) is 7.62. The number of oxazole rings is 1. The van der Waals surface area contributed by atoms with E-state index in [0.717, 1.165) is 37.9 Å². The monoisotopic (exact) mass is 280 g/mol. The van der Waals surface area contributed by atoms with E-state index in [-0.39, 0.29) is 0 Å². The van der Waals surface area contributed by atoms with Crippen LogP contribution < -0.4 is 10.2 Å². The van der Waals surface area contributed by atoms with Crippen LogP contribution in [0.1, 0.15) is 32.4 Å². The second-order valence-electron chi connectivity index (χ2n) is 6.29. The molecule has 5 nitrogen and oxygen atoms in total. The average molecular weight is 280 g/mol. The zero-order valence-corrected chi connectivity index (χ0v) is 13.2. The van der Waals surface area contributed by atoms with Crippen LogP contribution in [0.4, 0.5) is 6.01 Å². The number of hydrogen-bond acceptors (Lipinski definition) is 5. The van der Waals surface area contributed by atoms with E-state index in [1.54, 1.807) is 6.26 Å². The zero-order chi connectivity index (χ0) is 14.5. The van der Waals surface area contributed by atoms with Crippen LogP contribution in [0.15, 0.2) is 10.7 Å². The van der Waals surface area contributed by atoms with Crippen LogP contribution in [-0.2, 0) is 6.54 Å². The van der Waals surface area contributed by atoms with Crippen molar-refractivity contribution in [1.29, 1.82) is 0 Å². The lowest BCUT2D eigenvalue weighted by atomic mass is 10.0. The summed E-state index contributed by atoms with van der Waals surface area (Å²) >= 11 is 0. The second-order valence-corrected chi connectivity index (χ2v) is 6.29. The maximum absolute atomic E-state index is 5.63. The Morgan fingerprint density at radius 3 is 2.80 bits per heavy atom. The number of aromatic nitrogens is 1. The van der Waals surface area contributed by atoms with Crippen molar-refractivity contribution in [2.75, 3.05) is 38.6 Å². The Kier molecular flexibility index (Phi) is 5.43. The number of piperidine rings is 1. The van der Waals surface area contributed by atoms with Crippen LogP contribution in [0.3, 0.4) is 0 Å². The van der Waals surface area contributed by atoms with Gasteiger partial charge in [-0.1, -0.05) is 13.8 Å². The third-order valence-electron chi connectivity index (χ3n) is 3.94. The van der Waals surface area contributed by atoms with Crippen LogP contribution in [0.5, 0.6) is 0 Å². The van der Waals surface area contributed by atoms with Gasteiger partial charge in [-0.2, -0.15) is 4.98 Å². The van der Waals surface area contributed by atoms with Gasteiger partial charge in [0.2, 0.25) is 0 Å².